The highest BCUT2D eigenvalue weighted by Gasteiger charge is 2.15. The molecule has 33 heavy (non-hydrogen) atoms. The molecular weight excluding hydrogens is 426 g/mol. The molecule has 3 aromatic carbocycles. The van der Waals surface area contributed by atoms with E-state index < -0.39 is 0 Å². The normalized spacial score (nSPS) is 11.2. The van der Waals surface area contributed by atoms with Crippen molar-refractivity contribution < 1.29 is 13.6 Å². The lowest BCUT2D eigenvalue weighted by Crippen LogP contribution is -2.25. The number of carbonyl (C=O) groups excluding carboxylic acids is 1. The Morgan fingerprint density at radius 3 is 2.18 bits per heavy atom. The maximum Gasteiger partial charge on any atom is 0.277 e. The highest BCUT2D eigenvalue weighted by Crippen LogP contribution is 2.18. The van der Waals surface area contributed by atoms with Crippen LogP contribution in [-0.4, -0.2) is 20.1 Å². The Hall–Kier alpha value is -4.33. The summed E-state index contributed by atoms with van der Waals surface area (Å²) in [5.41, 5.74) is 3.18. The molecule has 0 aliphatic rings. The third kappa shape index (κ3) is 3.98. The number of nitrogens with zero attached hydrogens (tertiary/aromatic N) is 3. The number of aromatic nitrogens is 3. The van der Waals surface area contributed by atoms with Gasteiger partial charge in [0, 0.05) is 12.1 Å². The molecule has 0 aliphatic carbocycles. The summed E-state index contributed by atoms with van der Waals surface area (Å²) in [7, 11) is 0. The van der Waals surface area contributed by atoms with Gasteiger partial charge in [-0.15, -0.1) is 0 Å². The fourth-order valence-corrected chi connectivity index (χ4v) is 3.78. The van der Waals surface area contributed by atoms with Crippen molar-refractivity contribution in [2.75, 3.05) is 0 Å². The molecule has 0 saturated heterocycles. The van der Waals surface area contributed by atoms with Gasteiger partial charge < -0.3 is 9.88 Å². The third-order valence-corrected chi connectivity index (χ3v) is 5.48. The first-order chi connectivity index (χ1) is 16.0. The van der Waals surface area contributed by atoms with Crippen molar-refractivity contribution >= 4 is 22.5 Å². The van der Waals surface area contributed by atoms with Crippen LogP contribution in [-0.2, 0) is 13.1 Å². The molecule has 8 heteroatoms. The summed E-state index contributed by atoms with van der Waals surface area (Å²) in [4.78, 5) is 26.0. The zero-order valence-electron chi connectivity index (χ0n) is 17.3. The number of nitrogens with one attached hydrogen (secondary N) is 1. The van der Waals surface area contributed by atoms with Gasteiger partial charge in [0.15, 0.2) is 0 Å². The monoisotopic (exact) mass is 444 g/mol. The van der Waals surface area contributed by atoms with Crippen LogP contribution in [0.25, 0.3) is 16.6 Å². The van der Waals surface area contributed by atoms with Gasteiger partial charge in [0.2, 0.25) is 0 Å². The van der Waals surface area contributed by atoms with Gasteiger partial charge in [-0.1, -0.05) is 24.3 Å². The summed E-state index contributed by atoms with van der Waals surface area (Å²) in [5, 5.41) is 7.06. The molecule has 1 N–H and O–H groups in total. The number of hydrogen-bond acceptors (Lipinski definition) is 3. The summed E-state index contributed by atoms with van der Waals surface area (Å²) in [6.45, 7) is 0.440. The lowest BCUT2D eigenvalue weighted by atomic mass is 10.1. The quantitative estimate of drug-likeness (QED) is 0.447. The SMILES string of the molecule is O=C(NCc1ccc(F)cc1)c1ccc2c(c1)n(Cc1ccc(F)cc1)c(=O)c1ccnn12. The van der Waals surface area contributed by atoms with E-state index in [1.54, 1.807) is 63.8 Å². The first-order valence-electron chi connectivity index (χ1n) is 10.3. The second kappa shape index (κ2) is 8.31. The second-order valence-electron chi connectivity index (χ2n) is 7.66. The molecule has 6 nitrogen and oxygen atoms in total. The topological polar surface area (TPSA) is 68.4 Å². The van der Waals surface area contributed by atoms with Crippen molar-refractivity contribution in [3.63, 3.8) is 0 Å². The van der Waals surface area contributed by atoms with Crippen LogP contribution in [0.2, 0.25) is 0 Å². The molecule has 0 aliphatic heterocycles. The molecule has 5 rings (SSSR count). The van der Waals surface area contributed by atoms with Gasteiger partial charge in [0.05, 0.1) is 23.8 Å². The molecule has 2 aromatic heterocycles. The lowest BCUT2D eigenvalue weighted by molar-refractivity contribution is 0.0951. The van der Waals surface area contributed by atoms with Crippen LogP contribution in [0.1, 0.15) is 21.5 Å². The summed E-state index contributed by atoms with van der Waals surface area (Å²) in [6, 6.07) is 18.5. The number of benzene rings is 3. The average molecular weight is 444 g/mol. The van der Waals surface area contributed by atoms with Gasteiger partial charge in [0.1, 0.15) is 17.2 Å². The molecule has 164 valence electrons. The highest BCUT2D eigenvalue weighted by molar-refractivity contribution is 5.97. The molecule has 2 heterocycles. The highest BCUT2D eigenvalue weighted by atomic mass is 19.1. The maximum atomic E-state index is 13.3. The molecule has 0 spiro atoms. The molecule has 0 fully saturated rings. The average Bonchev–Trinajstić information content (AvgIpc) is 3.32. The summed E-state index contributed by atoms with van der Waals surface area (Å²) in [5.74, 6) is -1.03. The number of halogens is 2. The molecule has 0 bridgehead atoms. The van der Waals surface area contributed by atoms with Crippen LogP contribution in [0.3, 0.4) is 0 Å². The van der Waals surface area contributed by atoms with E-state index in [2.05, 4.69) is 10.4 Å². The van der Waals surface area contributed by atoms with Crippen LogP contribution in [0.15, 0.2) is 83.8 Å². The van der Waals surface area contributed by atoms with E-state index >= 15 is 0 Å². The Morgan fingerprint density at radius 1 is 0.818 bits per heavy atom. The van der Waals surface area contributed by atoms with E-state index in [9.17, 15) is 18.4 Å². The fraction of sp³-hybridized carbons (Fsp3) is 0.0800. The van der Waals surface area contributed by atoms with Crippen LogP contribution < -0.4 is 10.9 Å². The Morgan fingerprint density at radius 2 is 1.48 bits per heavy atom. The third-order valence-electron chi connectivity index (χ3n) is 5.48. The van der Waals surface area contributed by atoms with Gasteiger partial charge in [0.25, 0.3) is 11.5 Å². The van der Waals surface area contributed by atoms with E-state index in [0.717, 1.165) is 11.1 Å². The van der Waals surface area contributed by atoms with E-state index in [4.69, 9.17) is 0 Å². The van der Waals surface area contributed by atoms with Crippen LogP contribution in [0.4, 0.5) is 8.78 Å². The van der Waals surface area contributed by atoms with Gasteiger partial charge in [-0.3, -0.25) is 9.59 Å². The van der Waals surface area contributed by atoms with Crippen molar-refractivity contribution in [3.8, 4) is 0 Å². The minimum atomic E-state index is -0.359. The zero-order chi connectivity index (χ0) is 22.9. The molecular formula is C25H18F2N4O2. The summed E-state index contributed by atoms with van der Waals surface area (Å²) >= 11 is 0. The first kappa shape index (κ1) is 20.6. The lowest BCUT2D eigenvalue weighted by Gasteiger charge is -2.14. The van der Waals surface area contributed by atoms with Crippen LogP contribution >= 0.6 is 0 Å². The number of carbonyl (C=O) groups is 1. The van der Waals surface area contributed by atoms with Crippen molar-refractivity contribution in [2.45, 2.75) is 13.1 Å². The Bertz CT molecular complexity index is 1540. The smallest absolute Gasteiger partial charge is 0.277 e. The van der Waals surface area contributed by atoms with E-state index in [-0.39, 0.29) is 36.2 Å². The number of amides is 1. The molecule has 5 aromatic rings. The molecule has 0 atom stereocenters. The zero-order valence-corrected chi connectivity index (χ0v) is 17.3. The van der Waals surface area contributed by atoms with E-state index in [0.29, 0.717) is 22.1 Å². The molecule has 1 amide bonds. The van der Waals surface area contributed by atoms with Gasteiger partial charge >= 0.3 is 0 Å². The van der Waals surface area contributed by atoms with E-state index in [1.165, 1.54) is 24.3 Å². The summed E-state index contributed by atoms with van der Waals surface area (Å²) in [6.07, 6.45) is 1.54. The summed E-state index contributed by atoms with van der Waals surface area (Å²) < 4.78 is 29.5. The van der Waals surface area contributed by atoms with Crippen molar-refractivity contribution in [1.29, 1.82) is 0 Å². The first-order valence-corrected chi connectivity index (χ1v) is 10.3. The molecule has 0 unspecified atom stereocenters. The number of fused-ring (bicyclic) bond motifs is 3. The van der Waals surface area contributed by atoms with Gasteiger partial charge in [-0.25, -0.2) is 13.3 Å². The Kier molecular flexibility index (Phi) is 5.18. The fourth-order valence-electron chi connectivity index (χ4n) is 3.78. The largest absolute Gasteiger partial charge is 0.348 e. The Balaban J connectivity index is 1.54. The number of hydrogen-bond donors (Lipinski definition) is 1. The number of rotatable bonds is 5. The Labute approximate surface area is 186 Å². The molecule has 0 radical (unpaired) electrons. The van der Waals surface area contributed by atoms with Crippen molar-refractivity contribution in [1.82, 2.24) is 19.5 Å². The van der Waals surface area contributed by atoms with Crippen molar-refractivity contribution in [2.24, 2.45) is 0 Å². The predicted octanol–water partition coefficient (Wildman–Crippen LogP) is 3.91. The van der Waals surface area contributed by atoms with Gasteiger partial charge in [-0.2, -0.15) is 5.10 Å². The minimum absolute atomic E-state index is 0.206. The van der Waals surface area contributed by atoms with Gasteiger partial charge in [-0.05, 0) is 59.7 Å². The van der Waals surface area contributed by atoms with Crippen LogP contribution in [0.5, 0.6) is 0 Å². The maximum absolute atomic E-state index is 13.3. The second-order valence-corrected chi connectivity index (χ2v) is 7.66. The standard InChI is InChI=1S/C25H18F2N4O2/c26-19-6-1-16(2-7-19)14-28-24(32)18-5-10-21-23(13-18)30(15-17-3-8-20(27)9-4-17)25(33)22-11-12-29-31(21)22/h1-13H,14-15H2,(H,28,32). The van der Waals surface area contributed by atoms with Crippen LogP contribution in [0, 0.1) is 11.6 Å². The van der Waals surface area contributed by atoms with Crippen molar-refractivity contribution in [3.05, 3.63) is 118 Å². The minimum Gasteiger partial charge on any atom is -0.348 e. The molecule has 0 saturated carbocycles. The van der Waals surface area contributed by atoms with E-state index in [1.807, 2.05) is 0 Å². The predicted molar refractivity (Wildman–Crippen MR) is 120 cm³/mol.